The van der Waals surface area contributed by atoms with Crippen LogP contribution in [0.15, 0.2) is 24.3 Å². The van der Waals surface area contributed by atoms with Gasteiger partial charge in [-0.25, -0.2) is 0 Å². The summed E-state index contributed by atoms with van der Waals surface area (Å²) in [5, 5.41) is 11.5. The highest BCUT2D eigenvalue weighted by Gasteiger charge is 2.31. The Bertz CT molecular complexity index is 1240. The van der Waals surface area contributed by atoms with E-state index in [1.807, 2.05) is 31.2 Å². The van der Waals surface area contributed by atoms with Gasteiger partial charge in [-0.2, -0.15) is 0 Å². The molecule has 2 N–H and O–H groups in total. The number of carbonyl (C=O) groups excluding carboxylic acids is 2. The molecule has 1 amide bonds. The quantitative estimate of drug-likeness (QED) is 0.479. The number of anilines is 1. The zero-order chi connectivity index (χ0) is 27.6. The Morgan fingerprint density at radius 1 is 1.11 bits per heavy atom. The molecule has 0 spiro atoms. The smallest absolute Gasteiger partial charge is 0.224 e. The van der Waals surface area contributed by atoms with Gasteiger partial charge in [0.2, 0.25) is 5.91 Å². The Morgan fingerprint density at radius 2 is 1.82 bits per heavy atom. The number of Topliss-reactive ketones (excluding diaryl/α,β-unsaturated/α-hetero) is 1. The van der Waals surface area contributed by atoms with Gasteiger partial charge in [0.1, 0.15) is 17.3 Å². The molecule has 4 rings (SSSR count). The lowest BCUT2D eigenvalue weighted by molar-refractivity contribution is -0.119. The van der Waals surface area contributed by atoms with Gasteiger partial charge in [-0.3, -0.25) is 15.0 Å². The molecular weight excluding hydrogens is 480 g/mol. The molecule has 0 unspecified atom stereocenters. The molecule has 2 aliphatic rings. The molecule has 2 heterocycles. The molecule has 2 aliphatic heterocycles. The maximum absolute atomic E-state index is 13.7. The van der Waals surface area contributed by atoms with Crippen LogP contribution >= 0.6 is 0 Å². The van der Waals surface area contributed by atoms with Crippen molar-refractivity contribution in [3.63, 3.8) is 0 Å². The molecule has 0 aromatic heterocycles. The average Bonchev–Trinajstić information content (AvgIpc) is 3.51. The summed E-state index contributed by atoms with van der Waals surface area (Å²) in [5.74, 6) is 1.62. The van der Waals surface area contributed by atoms with Crippen LogP contribution in [0.3, 0.4) is 0 Å². The number of amides is 1. The van der Waals surface area contributed by atoms with E-state index < -0.39 is 0 Å². The molecule has 2 aromatic carbocycles. The number of hydrogen-bond donors (Lipinski definition) is 2. The molecule has 1 saturated heterocycles. The van der Waals surface area contributed by atoms with Crippen LogP contribution in [0.2, 0.25) is 0 Å². The minimum atomic E-state index is -0.205. The zero-order valence-electron chi connectivity index (χ0n) is 23.5. The number of ketones is 1. The Balaban J connectivity index is 1.63. The van der Waals surface area contributed by atoms with Crippen LogP contribution < -0.4 is 19.7 Å². The highest BCUT2D eigenvalue weighted by atomic mass is 16.5. The number of benzene rings is 2. The summed E-state index contributed by atoms with van der Waals surface area (Å²) in [5.41, 5.74) is 4.81. The predicted molar refractivity (Wildman–Crippen MR) is 150 cm³/mol. The van der Waals surface area contributed by atoms with Crippen molar-refractivity contribution in [1.29, 1.82) is 5.41 Å². The number of nitrogens with one attached hydrogen (secondary N) is 2. The molecule has 0 radical (unpaired) electrons. The van der Waals surface area contributed by atoms with Gasteiger partial charge in [0, 0.05) is 48.9 Å². The summed E-state index contributed by atoms with van der Waals surface area (Å²) < 4.78 is 11.7. The molecule has 38 heavy (non-hydrogen) atoms. The van der Waals surface area contributed by atoms with Crippen LogP contribution in [-0.4, -0.2) is 62.8 Å². The van der Waals surface area contributed by atoms with Crippen molar-refractivity contribution in [2.45, 2.75) is 58.9 Å². The molecule has 8 heteroatoms. The summed E-state index contributed by atoms with van der Waals surface area (Å²) in [7, 11) is 3.30. The van der Waals surface area contributed by atoms with Crippen molar-refractivity contribution in [1.82, 2.24) is 10.2 Å². The van der Waals surface area contributed by atoms with E-state index in [0.29, 0.717) is 30.3 Å². The Kier molecular flexibility index (Phi) is 7.99. The summed E-state index contributed by atoms with van der Waals surface area (Å²) >= 11 is 0. The number of amidine groups is 1. The van der Waals surface area contributed by atoms with Crippen LogP contribution in [0.5, 0.6) is 11.5 Å². The third kappa shape index (κ3) is 5.49. The largest absolute Gasteiger partial charge is 0.494 e. The number of carbonyl (C=O) groups is 2. The molecule has 2 aromatic rings. The third-order valence-corrected chi connectivity index (χ3v) is 7.33. The van der Waals surface area contributed by atoms with E-state index in [1.165, 1.54) is 0 Å². The number of likely N-dealkylation sites (N-methyl/N-ethyl adjacent to an activating group) is 1. The second-order valence-corrected chi connectivity index (χ2v) is 11.0. The van der Waals surface area contributed by atoms with E-state index in [1.54, 1.807) is 19.1 Å². The first-order chi connectivity index (χ1) is 18.1. The topological polar surface area (TPSA) is 95.0 Å². The van der Waals surface area contributed by atoms with E-state index in [2.05, 4.69) is 31.0 Å². The van der Waals surface area contributed by atoms with Crippen LogP contribution in [0.1, 0.15) is 73.1 Å². The van der Waals surface area contributed by atoms with E-state index in [0.717, 1.165) is 59.6 Å². The third-order valence-electron chi connectivity index (χ3n) is 7.33. The normalized spacial score (nSPS) is 15.1. The standard InChI is InChI=1S/C30H40N4O4/c1-7-38-26-15-21-17-34(29(31)22(21)12-20(26)16-27(36)32-5)18-25(35)19-13-23(30(2,3)4)28(37-6)24(14-19)33-10-8-9-11-33/h12-15,31H,7-11,16-18H2,1-6H3,(H,32,36). The molecule has 0 aliphatic carbocycles. The molecule has 204 valence electrons. The number of nitrogens with zero attached hydrogens (tertiary/aromatic N) is 2. The second-order valence-electron chi connectivity index (χ2n) is 11.0. The first kappa shape index (κ1) is 27.5. The number of hydrogen-bond acceptors (Lipinski definition) is 6. The number of fused-ring (bicyclic) bond motifs is 1. The van der Waals surface area contributed by atoms with Crippen LogP contribution in [0, 0.1) is 5.41 Å². The van der Waals surface area contributed by atoms with Gasteiger partial charge in [-0.1, -0.05) is 20.8 Å². The first-order valence-electron chi connectivity index (χ1n) is 13.4. The van der Waals surface area contributed by atoms with Crippen molar-refractivity contribution >= 4 is 23.2 Å². The summed E-state index contributed by atoms with van der Waals surface area (Å²) in [6, 6.07) is 7.69. The molecule has 8 nitrogen and oxygen atoms in total. The first-order valence-corrected chi connectivity index (χ1v) is 13.4. The molecule has 0 bridgehead atoms. The zero-order valence-corrected chi connectivity index (χ0v) is 23.5. The Labute approximate surface area is 225 Å². The van der Waals surface area contributed by atoms with Crippen molar-refractivity contribution in [2.75, 3.05) is 45.3 Å². The summed E-state index contributed by atoms with van der Waals surface area (Å²) in [6.07, 6.45) is 2.42. The van der Waals surface area contributed by atoms with Gasteiger partial charge in [0.05, 0.1) is 32.4 Å². The van der Waals surface area contributed by atoms with E-state index in [4.69, 9.17) is 14.9 Å². The van der Waals surface area contributed by atoms with Crippen molar-refractivity contribution < 1.29 is 19.1 Å². The lowest BCUT2D eigenvalue weighted by Gasteiger charge is -2.29. The number of ether oxygens (including phenoxy) is 2. The average molecular weight is 521 g/mol. The fourth-order valence-corrected chi connectivity index (χ4v) is 5.30. The second kappa shape index (κ2) is 11.1. The monoisotopic (exact) mass is 520 g/mol. The minimum absolute atomic E-state index is 0.0354. The summed E-state index contributed by atoms with van der Waals surface area (Å²) in [4.78, 5) is 29.9. The Morgan fingerprint density at radius 3 is 2.42 bits per heavy atom. The van der Waals surface area contributed by atoms with Gasteiger partial charge in [0.15, 0.2) is 5.78 Å². The predicted octanol–water partition coefficient (Wildman–Crippen LogP) is 4.30. The molecular formula is C30H40N4O4. The fraction of sp³-hybridized carbons (Fsp3) is 0.500. The van der Waals surface area contributed by atoms with Crippen molar-refractivity contribution in [2.24, 2.45) is 0 Å². The maximum Gasteiger partial charge on any atom is 0.224 e. The molecule has 0 saturated carbocycles. The van der Waals surface area contributed by atoms with E-state index in [9.17, 15) is 9.59 Å². The van der Waals surface area contributed by atoms with E-state index >= 15 is 0 Å². The van der Waals surface area contributed by atoms with E-state index in [-0.39, 0.29) is 30.1 Å². The van der Waals surface area contributed by atoms with Crippen LogP contribution in [0.25, 0.3) is 0 Å². The van der Waals surface area contributed by atoms with Crippen molar-refractivity contribution in [3.05, 3.63) is 52.1 Å². The highest BCUT2D eigenvalue weighted by Crippen LogP contribution is 2.41. The SMILES string of the molecule is CCOc1cc2c(cc1CC(=O)NC)C(=N)N(CC(=O)c1cc(N3CCCC3)c(OC)c(C(C)(C)C)c1)C2. The lowest BCUT2D eigenvalue weighted by atomic mass is 9.84. The van der Waals surface area contributed by atoms with Gasteiger partial charge in [-0.15, -0.1) is 0 Å². The van der Waals surface area contributed by atoms with Crippen LogP contribution in [0.4, 0.5) is 5.69 Å². The highest BCUT2D eigenvalue weighted by molar-refractivity contribution is 6.06. The van der Waals surface area contributed by atoms with Crippen molar-refractivity contribution in [3.8, 4) is 11.5 Å². The van der Waals surface area contributed by atoms with Gasteiger partial charge in [0.25, 0.3) is 0 Å². The van der Waals surface area contributed by atoms with Gasteiger partial charge >= 0.3 is 0 Å². The van der Waals surface area contributed by atoms with Gasteiger partial charge < -0.3 is 24.6 Å². The minimum Gasteiger partial charge on any atom is -0.494 e. The maximum atomic E-state index is 13.7. The molecule has 1 fully saturated rings. The lowest BCUT2D eigenvalue weighted by Crippen LogP contribution is -2.31. The fourth-order valence-electron chi connectivity index (χ4n) is 5.30. The van der Waals surface area contributed by atoms with Gasteiger partial charge in [-0.05, 0) is 55.0 Å². The number of rotatable bonds is 9. The Hall–Kier alpha value is -3.55. The molecule has 0 atom stereocenters. The number of methoxy groups -OCH3 is 1. The van der Waals surface area contributed by atoms with Crippen LogP contribution in [-0.2, 0) is 23.2 Å². The summed E-state index contributed by atoms with van der Waals surface area (Å²) in [6.45, 7) is 11.2.